The molecule has 0 saturated carbocycles. The van der Waals surface area contributed by atoms with Crippen molar-refractivity contribution < 1.29 is 9.53 Å². The Kier molecular flexibility index (Phi) is 3.75. The van der Waals surface area contributed by atoms with Gasteiger partial charge in [-0.1, -0.05) is 11.6 Å². The normalized spacial score (nSPS) is 15.2. The zero-order valence-corrected chi connectivity index (χ0v) is 10.1. The summed E-state index contributed by atoms with van der Waals surface area (Å²) in [5, 5.41) is 5.94. The number of nitrogens with one attached hydrogen (secondary N) is 2. The molecule has 0 bridgehead atoms. The highest BCUT2D eigenvalue weighted by Gasteiger charge is 2.20. The second-order valence-electron chi connectivity index (χ2n) is 3.83. The van der Waals surface area contributed by atoms with Gasteiger partial charge >= 0.3 is 0 Å². The zero-order chi connectivity index (χ0) is 12.3. The minimum atomic E-state index is -0.110. The predicted octanol–water partition coefficient (Wildman–Crippen LogP) is 0.687. The van der Waals surface area contributed by atoms with Gasteiger partial charge in [0.25, 0.3) is 0 Å². The molecule has 1 amide bonds. The summed E-state index contributed by atoms with van der Waals surface area (Å²) >= 11 is 5.76. The third-order valence-corrected chi connectivity index (χ3v) is 2.67. The first kappa shape index (κ1) is 12.1. The molecule has 7 heteroatoms. The number of anilines is 1. The Labute approximate surface area is 104 Å². The first-order valence-electron chi connectivity index (χ1n) is 5.26. The lowest BCUT2D eigenvalue weighted by Gasteiger charge is -2.26. The molecule has 0 spiro atoms. The van der Waals surface area contributed by atoms with Crippen LogP contribution in [0.1, 0.15) is 6.42 Å². The van der Waals surface area contributed by atoms with E-state index in [9.17, 15) is 4.79 Å². The first-order chi connectivity index (χ1) is 8.17. The molecule has 1 aliphatic rings. The van der Waals surface area contributed by atoms with Crippen molar-refractivity contribution in [1.82, 2.24) is 15.3 Å². The Bertz CT molecular complexity index is 423. The molecule has 0 aromatic carbocycles. The van der Waals surface area contributed by atoms with E-state index in [2.05, 4.69) is 20.6 Å². The molecule has 0 atom stereocenters. The molecule has 6 nitrogen and oxygen atoms in total. The molecule has 1 aliphatic heterocycles. The number of rotatable bonds is 4. The number of methoxy groups -OCH3 is 1. The number of carbonyl (C=O) groups is 1. The van der Waals surface area contributed by atoms with Crippen molar-refractivity contribution in [2.75, 3.05) is 25.5 Å². The third-order valence-electron chi connectivity index (χ3n) is 2.47. The standard InChI is InChI=1S/C10H13ClN4O2/c1-17-9-3-7(11)13-10(15-9)14-8(16)2-6-4-12-5-6/h3,6,12H,2,4-5H2,1H3,(H,13,14,15,16). The monoisotopic (exact) mass is 256 g/mol. The van der Waals surface area contributed by atoms with Crippen LogP contribution in [-0.4, -0.2) is 36.1 Å². The van der Waals surface area contributed by atoms with Crippen LogP contribution in [0, 0.1) is 5.92 Å². The van der Waals surface area contributed by atoms with Crippen LogP contribution >= 0.6 is 11.6 Å². The fourth-order valence-electron chi connectivity index (χ4n) is 1.49. The number of hydrogen-bond acceptors (Lipinski definition) is 5. The number of nitrogens with zero attached hydrogens (tertiary/aromatic N) is 2. The summed E-state index contributed by atoms with van der Waals surface area (Å²) in [6.45, 7) is 1.76. The molecular formula is C10H13ClN4O2. The Morgan fingerprint density at radius 2 is 2.41 bits per heavy atom. The van der Waals surface area contributed by atoms with E-state index in [1.807, 2.05) is 0 Å². The van der Waals surface area contributed by atoms with Gasteiger partial charge in [-0.3, -0.25) is 10.1 Å². The summed E-state index contributed by atoms with van der Waals surface area (Å²) in [5.41, 5.74) is 0. The van der Waals surface area contributed by atoms with Crippen LogP contribution in [0.25, 0.3) is 0 Å². The van der Waals surface area contributed by atoms with Gasteiger partial charge in [-0.2, -0.15) is 4.98 Å². The Balaban J connectivity index is 1.96. The van der Waals surface area contributed by atoms with E-state index in [1.54, 1.807) is 0 Å². The van der Waals surface area contributed by atoms with E-state index in [4.69, 9.17) is 16.3 Å². The molecular weight excluding hydrogens is 244 g/mol. The van der Waals surface area contributed by atoms with Gasteiger partial charge in [-0.15, -0.1) is 0 Å². The van der Waals surface area contributed by atoms with Crippen molar-refractivity contribution in [3.05, 3.63) is 11.2 Å². The largest absolute Gasteiger partial charge is 0.481 e. The van der Waals surface area contributed by atoms with E-state index < -0.39 is 0 Å². The SMILES string of the molecule is COc1cc(Cl)nc(NC(=O)CC2CNC2)n1. The molecule has 0 radical (unpaired) electrons. The summed E-state index contributed by atoms with van der Waals surface area (Å²) in [5.74, 6) is 0.786. The van der Waals surface area contributed by atoms with Gasteiger partial charge in [0.1, 0.15) is 5.15 Å². The Hall–Kier alpha value is -1.40. The Morgan fingerprint density at radius 1 is 1.65 bits per heavy atom. The average molecular weight is 257 g/mol. The van der Waals surface area contributed by atoms with E-state index >= 15 is 0 Å². The van der Waals surface area contributed by atoms with E-state index in [0.717, 1.165) is 13.1 Å². The topological polar surface area (TPSA) is 76.1 Å². The van der Waals surface area contributed by atoms with Gasteiger partial charge < -0.3 is 10.1 Å². The third kappa shape index (κ3) is 3.28. The smallest absolute Gasteiger partial charge is 0.234 e. The summed E-state index contributed by atoms with van der Waals surface area (Å²) < 4.78 is 4.93. The number of ether oxygens (including phenoxy) is 1. The van der Waals surface area contributed by atoms with E-state index in [-0.39, 0.29) is 17.0 Å². The fourth-order valence-corrected chi connectivity index (χ4v) is 1.66. The number of hydrogen-bond donors (Lipinski definition) is 2. The van der Waals surface area contributed by atoms with Crippen molar-refractivity contribution >= 4 is 23.5 Å². The molecule has 1 saturated heterocycles. The number of carbonyl (C=O) groups excluding carboxylic acids is 1. The van der Waals surface area contributed by atoms with Crippen molar-refractivity contribution in [3.8, 4) is 5.88 Å². The van der Waals surface area contributed by atoms with Crippen molar-refractivity contribution in [3.63, 3.8) is 0 Å². The molecule has 2 rings (SSSR count). The second kappa shape index (κ2) is 5.29. The summed E-state index contributed by atoms with van der Waals surface area (Å²) in [6.07, 6.45) is 0.463. The minimum absolute atomic E-state index is 0.110. The second-order valence-corrected chi connectivity index (χ2v) is 4.22. The van der Waals surface area contributed by atoms with Gasteiger partial charge in [0.05, 0.1) is 7.11 Å². The fraction of sp³-hybridized carbons (Fsp3) is 0.500. The maximum atomic E-state index is 11.6. The van der Waals surface area contributed by atoms with Crippen molar-refractivity contribution in [1.29, 1.82) is 0 Å². The van der Waals surface area contributed by atoms with Crippen LogP contribution in [0.3, 0.4) is 0 Å². The quantitative estimate of drug-likeness (QED) is 0.775. The highest BCUT2D eigenvalue weighted by atomic mass is 35.5. The molecule has 0 unspecified atom stereocenters. The number of aromatic nitrogens is 2. The Morgan fingerprint density at radius 3 is 3.00 bits per heavy atom. The minimum Gasteiger partial charge on any atom is -0.481 e. The molecule has 1 fully saturated rings. The van der Waals surface area contributed by atoms with Crippen molar-refractivity contribution in [2.45, 2.75) is 6.42 Å². The molecule has 1 aromatic heterocycles. The lowest BCUT2D eigenvalue weighted by atomic mass is 9.99. The lowest BCUT2D eigenvalue weighted by Crippen LogP contribution is -2.43. The number of halogens is 1. The summed E-state index contributed by atoms with van der Waals surface area (Å²) in [6, 6.07) is 1.48. The van der Waals surface area contributed by atoms with E-state index in [0.29, 0.717) is 18.2 Å². The van der Waals surface area contributed by atoms with Crippen LogP contribution in [0.15, 0.2) is 6.07 Å². The molecule has 17 heavy (non-hydrogen) atoms. The highest BCUT2D eigenvalue weighted by molar-refractivity contribution is 6.29. The molecule has 92 valence electrons. The molecule has 2 heterocycles. The average Bonchev–Trinajstić information content (AvgIpc) is 2.22. The van der Waals surface area contributed by atoms with Crippen LogP contribution in [0.4, 0.5) is 5.95 Å². The maximum Gasteiger partial charge on any atom is 0.234 e. The number of amides is 1. The molecule has 2 N–H and O–H groups in total. The van der Waals surface area contributed by atoms with Crippen LogP contribution < -0.4 is 15.4 Å². The zero-order valence-electron chi connectivity index (χ0n) is 9.36. The van der Waals surface area contributed by atoms with Crippen molar-refractivity contribution in [2.24, 2.45) is 5.92 Å². The molecule has 1 aromatic rings. The predicted molar refractivity (Wildman–Crippen MR) is 63.2 cm³/mol. The highest BCUT2D eigenvalue weighted by Crippen LogP contribution is 2.16. The first-order valence-corrected chi connectivity index (χ1v) is 5.64. The van der Waals surface area contributed by atoms with Gasteiger partial charge in [0, 0.05) is 12.5 Å². The summed E-state index contributed by atoms with van der Waals surface area (Å²) in [4.78, 5) is 19.5. The summed E-state index contributed by atoms with van der Waals surface area (Å²) in [7, 11) is 1.48. The molecule has 0 aliphatic carbocycles. The van der Waals surface area contributed by atoms with Crippen LogP contribution in [-0.2, 0) is 4.79 Å². The van der Waals surface area contributed by atoms with Gasteiger partial charge in [-0.25, -0.2) is 4.98 Å². The van der Waals surface area contributed by atoms with Gasteiger partial charge in [0.15, 0.2) is 0 Å². The lowest BCUT2D eigenvalue weighted by molar-refractivity contribution is -0.117. The van der Waals surface area contributed by atoms with Gasteiger partial charge in [-0.05, 0) is 19.0 Å². The van der Waals surface area contributed by atoms with E-state index in [1.165, 1.54) is 13.2 Å². The van der Waals surface area contributed by atoms with Gasteiger partial charge in [0.2, 0.25) is 17.7 Å². The van der Waals surface area contributed by atoms with Crippen LogP contribution in [0.5, 0.6) is 5.88 Å². The maximum absolute atomic E-state index is 11.6. The van der Waals surface area contributed by atoms with Crippen LogP contribution in [0.2, 0.25) is 5.15 Å².